The number of likely N-dealkylation sites (tertiary alicyclic amines) is 1. The van der Waals surface area contributed by atoms with Crippen LogP contribution in [0.4, 0.5) is 29.3 Å². The summed E-state index contributed by atoms with van der Waals surface area (Å²) in [6.07, 6.45) is -1.69. The molecule has 2 unspecified atom stereocenters. The molecule has 0 aliphatic carbocycles. The van der Waals surface area contributed by atoms with Crippen LogP contribution in [0.3, 0.4) is 0 Å². The van der Waals surface area contributed by atoms with Crippen molar-refractivity contribution >= 4 is 35.2 Å². The highest BCUT2D eigenvalue weighted by atomic mass is 19.4. The van der Waals surface area contributed by atoms with E-state index in [1.54, 1.807) is 50.3 Å². The maximum atomic E-state index is 13.4. The number of rotatable bonds is 7. The van der Waals surface area contributed by atoms with Crippen molar-refractivity contribution in [2.24, 2.45) is 5.92 Å². The first-order valence-electron chi connectivity index (χ1n) is 12.3. The van der Waals surface area contributed by atoms with Crippen molar-refractivity contribution in [3.63, 3.8) is 0 Å². The summed E-state index contributed by atoms with van der Waals surface area (Å²) in [5.74, 6) is -3.62. The molecular weight excluding hydrogens is 535 g/mol. The fourth-order valence-electron chi connectivity index (χ4n) is 4.90. The number of imide groups is 1. The molecule has 4 amide bonds. The molecule has 4 rings (SSSR count). The number of nitrogens with one attached hydrogen (secondary N) is 1. The number of hydrogen-bond acceptors (Lipinski definition) is 8. The number of nitrogens with zero attached hydrogens (tertiary/aromatic N) is 4. The highest BCUT2D eigenvalue weighted by Gasteiger charge is 2.52. The summed E-state index contributed by atoms with van der Waals surface area (Å²) < 4.78 is 48.4. The Morgan fingerprint density at radius 2 is 1.82 bits per heavy atom. The molecule has 0 saturated carbocycles. The fraction of sp³-hybridized carbons (Fsp3) is 0.423. The standard InChI is InChI=1S/C26H28F3N5O6/c1-25(2)23(37)34(24(38)33(25)14-15-7-10-30-11-8-15)16-5-6-19(40-26(27,28)29)18(13-16)31-21(35)20-17(22(36)39-4)9-12-32(20)3/h5-8,10-11,13,17,20H,9,12,14H2,1-4H3,(H,31,35). The van der Waals surface area contributed by atoms with Gasteiger partial charge < -0.3 is 19.7 Å². The molecule has 2 atom stereocenters. The summed E-state index contributed by atoms with van der Waals surface area (Å²) in [6.45, 7) is 3.57. The van der Waals surface area contributed by atoms with E-state index in [0.29, 0.717) is 18.5 Å². The van der Waals surface area contributed by atoms with Gasteiger partial charge in [-0.3, -0.25) is 24.3 Å². The molecule has 1 aromatic carbocycles. The van der Waals surface area contributed by atoms with Crippen LogP contribution < -0.4 is 15.0 Å². The van der Waals surface area contributed by atoms with Crippen molar-refractivity contribution in [3.8, 4) is 5.75 Å². The minimum atomic E-state index is -5.09. The number of hydrogen-bond donors (Lipinski definition) is 1. The number of halogens is 3. The predicted octanol–water partition coefficient (Wildman–Crippen LogP) is 3.16. The van der Waals surface area contributed by atoms with E-state index in [9.17, 15) is 32.3 Å². The maximum Gasteiger partial charge on any atom is 0.573 e. The molecule has 2 fully saturated rings. The van der Waals surface area contributed by atoms with E-state index in [1.807, 2.05) is 0 Å². The number of benzene rings is 1. The first-order chi connectivity index (χ1) is 18.7. The van der Waals surface area contributed by atoms with Gasteiger partial charge in [-0.25, -0.2) is 9.69 Å². The van der Waals surface area contributed by atoms with Crippen LogP contribution in [0.2, 0.25) is 0 Å². The Morgan fingerprint density at radius 1 is 1.15 bits per heavy atom. The average Bonchev–Trinajstić information content (AvgIpc) is 3.35. The molecule has 2 saturated heterocycles. The van der Waals surface area contributed by atoms with Crippen LogP contribution in [0.25, 0.3) is 0 Å². The number of esters is 1. The van der Waals surface area contributed by atoms with Gasteiger partial charge in [-0.1, -0.05) is 0 Å². The van der Waals surface area contributed by atoms with Gasteiger partial charge in [-0.2, -0.15) is 0 Å². The third-order valence-corrected chi connectivity index (χ3v) is 7.04. The Morgan fingerprint density at radius 3 is 2.45 bits per heavy atom. The van der Waals surface area contributed by atoms with E-state index >= 15 is 0 Å². The summed E-state index contributed by atoms with van der Waals surface area (Å²) in [5.41, 5.74) is -1.08. The first-order valence-corrected chi connectivity index (χ1v) is 12.3. The third-order valence-electron chi connectivity index (χ3n) is 7.04. The Kier molecular flexibility index (Phi) is 7.74. The predicted molar refractivity (Wildman–Crippen MR) is 135 cm³/mol. The van der Waals surface area contributed by atoms with Gasteiger partial charge in [0, 0.05) is 18.9 Å². The number of pyridine rings is 1. The van der Waals surface area contributed by atoms with Gasteiger partial charge in [0.25, 0.3) is 5.91 Å². The molecule has 0 spiro atoms. The second-order valence-electron chi connectivity index (χ2n) is 9.99. The molecule has 1 N–H and O–H groups in total. The molecule has 3 heterocycles. The highest BCUT2D eigenvalue weighted by molar-refractivity contribution is 6.23. The van der Waals surface area contributed by atoms with Crippen LogP contribution in [0.5, 0.6) is 5.75 Å². The van der Waals surface area contributed by atoms with Crippen molar-refractivity contribution < 1.29 is 41.8 Å². The topological polar surface area (TPSA) is 121 Å². The monoisotopic (exact) mass is 563 g/mol. The summed E-state index contributed by atoms with van der Waals surface area (Å²) in [7, 11) is 2.77. The van der Waals surface area contributed by atoms with Crippen LogP contribution in [0.1, 0.15) is 25.8 Å². The number of carbonyl (C=O) groups is 4. The Balaban J connectivity index is 1.68. The smallest absolute Gasteiger partial charge is 0.469 e. The van der Waals surface area contributed by atoms with Gasteiger partial charge in [-0.05, 0) is 69.8 Å². The average molecular weight is 564 g/mol. The summed E-state index contributed by atoms with van der Waals surface area (Å²) in [4.78, 5) is 60.0. The van der Waals surface area contributed by atoms with Crippen molar-refractivity contribution in [1.82, 2.24) is 14.8 Å². The summed E-state index contributed by atoms with van der Waals surface area (Å²) in [6, 6.07) is 4.74. The zero-order valence-corrected chi connectivity index (χ0v) is 22.2. The molecule has 214 valence electrons. The second kappa shape index (κ2) is 10.8. The van der Waals surface area contributed by atoms with E-state index < -0.39 is 59.1 Å². The molecule has 0 radical (unpaired) electrons. The molecular formula is C26H28F3N5O6. The van der Waals surface area contributed by atoms with Crippen LogP contribution in [0.15, 0.2) is 42.7 Å². The molecule has 11 nitrogen and oxygen atoms in total. The molecule has 2 aromatic rings. The highest BCUT2D eigenvalue weighted by Crippen LogP contribution is 2.39. The van der Waals surface area contributed by atoms with E-state index in [-0.39, 0.29) is 12.2 Å². The zero-order chi connectivity index (χ0) is 29.4. The number of aromatic nitrogens is 1. The molecule has 1 aromatic heterocycles. The largest absolute Gasteiger partial charge is 0.573 e. The minimum absolute atomic E-state index is 0.0746. The van der Waals surface area contributed by atoms with Gasteiger partial charge in [0.2, 0.25) is 5.91 Å². The van der Waals surface area contributed by atoms with Gasteiger partial charge >= 0.3 is 18.4 Å². The second-order valence-corrected chi connectivity index (χ2v) is 9.99. The SMILES string of the molecule is COC(=O)C1CCN(C)C1C(=O)Nc1cc(N2C(=O)N(Cc3ccncc3)C(C)(C)C2=O)ccc1OC(F)(F)F. The zero-order valence-electron chi connectivity index (χ0n) is 22.2. The van der Waals surface area contributed by atoms with Crippen LogP contribution in [-0.4, -0.2) is 77.2 Å². The number of carbonyl (C=O) groups excluding carboxylic acids is 4. The Hall–Kier alpha value is -4.20. The van der Waals surface area contributed by atoms with Crippen LogP contribution >= 0.6 is 0 Å². The number of amides is 4. The van der Waals surface area contributed by atoms with E-state index in [2.05, 4.69) is 15.0 Å². The minimum Gasteiger partial charge on any atom is -0.469 e. The molecule has 2 aliphatic rings. The number of urea groups is 1. The lowest BCUT2D eigenvalue weighted by atomic mass is 9.99. The Labute approximate surface area is 227 Å². The van der Waals surface area contributed by atoms with Gasteiger partial charge in [0.05, 0.1) is 24.4 Å². The molecule has 40 heavy (non-hydrogen) atoms. The lowest BCUT2D eigenvalue weighted by Gasteiger charge is -2.27. The number of anilines is 2. The van der Waals surface area contributed by atoms with E-state index in [4.69, 9.17) is 4.74 Å². The van der Waals surface area contributed by atoms with Crippen LogP contribution in [-0.2, 0) is 25.7 Å². The summed E-state index contributed by atoms with van der Waals surface area (Å²) >= 11 is 0. The molecule has 2 aliphatic heterocycles. The quantitative estimate of drug-likeness (QED) is 0.403. The first kappa shape index (κ1) is 28.8. The van der Waals surface area contributed by atoms with Crippen molar-refractivity contribution in [2.45, 2.75) is 44.8 Å². The third kappa shape index (κ3) is 5.57. The van der Waals surface area contributed by atoms with Crippen LogP contribution in [0, 0.1) is 5.92 Å². The summed E-state index contributed by atoms with van der Waals surface area (Å²) in [5, 5.41) is 2.40. The van der Waals surface area contributed by atoms with Gasteiger partial charge in [-0.15, -0.1) is 13.2 Å². The van der Waals surface area contributed by atoms with Gasteiger partial charge in [0.15, 0.2) is 5.75 Å². The van der Waals surface area contributed by atoms with Crippen molar-refractivity contribution in [2.75, 3.05) is 30.9 Å². The number of ether oxygens (including phenoxy) is 2. The van der Waals surface area contributed by atoms with E-state index in [0.717, 1.165) is 23.1 Å². The number of likely N-dealkylation sites (N-methyl/N-ethyl adjacent to an activating group) is 1. The normalized spacial score (nSPS) is 21.1. The Bertz CT molecular complexity index is 1320. The fourth-order valence-corrected chi connectivity index (χ4v) is 4.90. The lowest BCUT2D eigenvalue weighted by Crippen LogP contribution is -2.43. The number of methoxy groups -OCH3 is 1. The molecule has 0 bridgehead atoms. The van der Waals surface area contributed by atoms with Crippen molar-refractivity contribution in [1.29, 1.82) is 0 Å². The van der Waals surface area contributed by atoms with Gasteiger partial charge in [0.1, 0.15) is 11.6 Å². The maximum absolute atomic E-state index is 13.4. The van der Waals surface area contributed by atoms with E-state index in [1.165, 1.54) is 12.0 Å². The van der Waals surface area contributed by atoms with Crippen molar-refractivity contribution in [3.05, 3.63) is 48.3 Å². The lowest BCUT2D eigenvalue weighted by molar-refractivity contribution is -0.274. The number of alkyl halides is 3. The molecule has 14 heteroatoms.